The molecule has 0 aliphatic rings. The summed E-state index contributed by atoms with van der Waals surface area (Å²) in [6.45, 7) is 0. The maximum absolute atomic E-state index is 5.22. The van der Waals surface area contributed by atoms with E-state index in [2.05, 4.69) is 16.0 Å². The molecule has 0 aliphatic heterocycles. The summed E-state index contributed by atoms with van der Waals surface area (Å²) in [7, 11) is 0. The van der Waals surface area contributed by atoms with Gasteiger partial charge >= 0.3 is 0 Å². The molecule has 0 radical (unpaired) electrons. The van der Waals surface area contributed by atoms with Crippen LogP contribution in [0, 0.1) is 4.77 Å². The maximum Gasteiger partial charge on any atom is 0.181 e. The first kappa shape index (κ1) is 9.30. The SMILES string of the molecule is S=c1[nH]ccn1-c1cccc2ccncc12. The van der Waals surface area contributed by atoms with E-state index in [1.807, 2.05) is 41.4 Å². The van der Waals surface area contributed by atoms with Gasteiger partial charge in [0, 0.05) is 30.2 Å². The number of hydrogen-bond donors (Lipinski definition) is 1. The lowest BCUT2D eigenvalue weighted by Crippen LogP contribution is -1.93. The van der Waals surface area contributed by atoms with Crippen LogP contribution in [0.3, 0.4) is 0 Å². The van der Waals surface area contributed by atoms with Crippen LogP contribution >= 0.6 is 12.2 Å². The zero-order chi connectivity index (χ0) is 11.0. The number of rotatable bonds is 1. The molecule has 0 unspecified atom stereocenters. The van der Waals surface area contributed by atoms with Crippen molar-refractivity contribution in [2.45, 2.75) is 0 Å². The van der Waals surface area contributed by atoms with Crippen LogP contribution in [0.5, 0.6) is 0 Å². The Morgan fingerprint density at radius 1 is 1.25 bits per heavy atom. The summed E-state index contributed by atoms with van der Waals surface area (Å²) in [6, 6.07) is 8.12. The van der Waals surface area contributed by atoms with Gasteiger partial charge in [0.15, 0.2) is 4.77 Å². The Hall–Kier alpha value is -1.94. The van der Waals surface area contributed by atoms with Gasteiger partial charge in [-0.15, -0.1) is 0 Å². The van der Waals surface area contributed by atoms with Crippen molar-refractivity contribution in [3.63, 3.8) is 0 Å². The highest BCUT2D eigenvalue weighted by Gasteiger charge is 2.02. The molecule has 3 nitrogen and oxygen atoms in total. The van der Waals surface area contributed by atoms with Crippen molar-refractivity contribution in [2.75, 3.05) is 0 Å². The number of benzene rings is 1. The summed E-state index contributed by atoms with van der Waals surface area (Å²) >= 11 is 5.22. The fraction of sp³-hybridized carbons (Fsp3) is 0. The smallest absolute Gasteiger partial charge is 0.181 e. The van der Waals surface area contributed by atoms with Crippen LogP contribution in [0.2, 0.25) is 0 Å². The number of hydrogen-bond acceptors (Lipinski definition) is 2. The average Bonchev–Trinajstić information content (AvgIpc) is 2.75. The normalized spacial score (nSPS) is 10.8. The van der Waals surface area contributed by atoms with Gasteiger partial charge in [-0.2, -0.15) is 0 Å². The molecule has 0 bridgehead atoms. The summed E-state index contributed by atoms with van der Waals surface area (Å²) in [5, 5.41) is 2.26. The highest BCUT2D eigenvalue weighted by atomic mass is 32.1. The van der Waals surface area contributed by atoms with E-state index >= 15 is 0 Å². The predicted molar refractivity (Wildman–Crippen MR) is 66.3 cm³/mol. The van der Waals surface area contributed by atoms with Gasteiger partial charge in [0.25, 0.3) is 0 Å². The van der Waals surface area contributed by atoms with Crippen molar-refractivity contribution in [3.05, 3.63) is 53.8 Å². The standard InChI is InChI=1S/C12H9N3S/c16-12-14-6-7-15(12)11-3-1-2-9-4-5-13-8-10(9)11/h1-8H,(H,14,16). The summed E-state index contributed by atoms with van der Waals surface area (Å²) in [5.41, 5.74) is 1.05. The maximum atomic E-state index is 5.22. The predicted octanol–water partition coefficient (Wildman–Crippen LogP) is 3.08. The van der Waals surface area contributed by atoms with E-state index in [1.54, 1.807) is 6.20 Å². The Labute approximate surface area is 97.4 Å². The molecule has 2 aromatic heterocycles. The highest BCUT2D eigenvalue weighted by molar-refractivity contribution is 7.71. The molecule has 2 heterocycles. The fourth-order valence-corrected chi connectivity index (χ4v) is 2.04. The molecule has 0 amide bonds. The molecule has 3 rings (SSSR count). The quantitative estimate of drug-likeness (QED) is 0.648. The molecule has 1 aromatic carbocycles. The Morgan fingerprint density at radius 2 is 2.19 bits per heavy atom. The second kappa shape index (κ2) is 3.57. The monoisotopic (exact) mass is 227 g/mol. The molecule has 0 spiro atoms. The van der Waals surface area contributed by atoms with Crippen molar-refractivity contribution >= 4 is 23.0 Å². The number of aromatic amines is 1. The van der Waals surface area contributed by atoms with E-state index < -0.39 is 0 Å². The van der Waals surface area contributed by atoms with Gasteiger partial charge in [0.2, 0.25) is 0 Å². The Kier molecular flexibility index (Phi) is 2.08. The lowest BCUT2D eigenvalue weighted by atomic mass is 10.1. The zero-order valence-corrected chi connectivity index (χ0v) is 9.24. The van der Waals surface area contributed by atoms with E-state index in [1.165, 1.54) is 0 Å². The van der Waals surface area contributed by atoms with Gasteiger partial charge in [-0.25, -0.2) is 0 Å². The molecule has 78 valence electrons. The van der Waals surface area contributed by atoms with Crippen molar-refractivity contribution in [1.29, 1.82) is 0 Å². The summed E-state index contributed by atoms with van der Waals surface area (Å²) < 4.78 is 2.63. The first-order valence-electron chi connectivity index (χ1n) is 4.95. The first-order chi connectivity index (χ1) is 7.86. The van der Waals surface area contributed by atoms with E-state index in [0.717, 1.165) is 16.5 Å². The van der Waals surface area contributed by atoms with E-state index in [-0.39, 0.29) is 0 Å². The lowest BCUT2D eigenvalue weighted by Gasteiger charge is -2.06. The molecular weight excluding hydrogens is 218 g/mol. The number of H-pyrrole nitrogens is 1. The van der Waals surface area contributed by atoms with E-state index in [9.17, 15) is 0 Å². The fourth-order valence-electron chi connectivity index (χ4n) is 1.82. The second-order valence-corrected chi connectivity index (χ2v) is 3.90. The molecular formula is C12H9N3S. The van der Waals surface area contributed by atoms with Gasteiger partial charge in [-0.05, 0) is 29.7 Å². The Balaban J connectivity index is 2.41. The largest absolute Gasteiger partial charge is 0.337 e. The second-order valence-electron chi connectivity index (χ2n) is 3.51. The van der Waals surface area contributed by atoms with Gasteiger partial charge in [-0.3, -0.25) is 9.55 Å². The van der Waals surface area contributed by atoms with Crippen molar-refractivity contribution < 1.29 is 0 Å². The van der Waals surface area contributed by atoms with Crippen LogP contribution in [0.15, 0.2) is 49.1 Å². The molecule has 4 heteroatoms. The summed E-state index contributed by atoms with van der Waals surface area (Å²) in [5.74, 6) is 0. The Bertz CT molecular complexity index is 691. The average molecular weight is 227 g/mol. The van der Waals surface area contributed by atoms with Crippen LogP contribution in [0.1, 0.15) is 0 Å². The topological polar surface area (TPSA) is 33.6 Å². The van der Waals surface area contributed by atoms with Crippen LogP contribution in [0.4, 0.5) is 0 Å². The minimum atomic E-state index is 0.691. The lowest BCUT2D eigenvalue weighted by molar-refractivity contribution is 1.04. The van der Waals surface area contributed by atoms with Gasteiger partial charge in [0.1, 0.15) is 0 Å². The molecule has 0 fully saturated rings. The third-order valence-corrected chi connectivity index (χ3v) is 2.88. The highest BCUT2D eigenvalue weighted by Crippen LogP contribution is 2.21. The molecule has 0 atom stereocenters. The first-order valence-corrected chi connectivity index (χ1v) is 5.36. The van der Waals surface area contributed by atoms with Crippen LogP contribution < -0.4 is 0 Å². The third-order valence-electron chi connectivity index (χ3n) is 2.57. The van der Waals surface area contributed by atoms with Gasteiger partial charge < -0.3 is 4.98 Å². The number of aromatic nitrogens is 3. The third kappa shape index (κ3) is 1.35. The van der Waals surface area contributed by atoms with E-state index in [0.29, 0.717) is 4.77 Å². The van der Waals surface area contributed by atoms with Crippen molar-refractivity contribution in [1.82, 2.24) is 14.5 Å². The molecule has 3 aromatic rings. The molecule has 1 N–H and O–H groups in total. The molecule has 0 saturated carbocycles. The minimum Gasteiger partial charge on any atom is -0.337 e. The van der Waals surface area contributed by atoms with Crippen LogP contribution in [0.25, 0.3) is 16.5 Å². The number of fused-ring (bicyclic) bond motifs is 1. The molecule has 0 saturated heterocycles. The Morgan fingerprint density at radius 3 is 3.00 bits per heavy atom. The van der Waals surface area contributed by atoms with Gasteiger partial charge in [-0.1, -0.05) is 12.1 Å². The number of nitrogens with zero attached hydrogens (tertiary/aromatic N) is 2. The van der Waals surface area contributed by atoms with Crippen molar-refractivity contribution in [3.8, 4) is 5.69 Å². The summed E-state index contributed by atoms with van der Waals surface area (Å²) in [4.78, 5) is 7.14. The molecule has 0 aliphatic carbocycles. The van der Waals surface area contributed by atoms with Crippen LogP contribution in [-0.4, -0.2) is 14.5 Å². The minimum absolute atomic E-state index is 0.691. The molecule has 16 heavy (non-hydrogen) atoms. The number of nitrogens with one attached hydrogen (secondary N) is 1. The zero-order valence-electron chi connectivity index (χ0n) is 8.42. The summed E-state index contributed by atoms with van der Waals surface area (Å²) in [6.07, 6.45) is 7.41. The number of imidazole rings is 1. The van der Waals surface area contributed by atoms with Crippen molar-refractivity contribution in [2.24, 2.45) is 0 Å². The van der Waals surface area contributed by atoms with Crippen LogP contribution in [-0.2, 0) is 0 Å². The van der Waals surface area contributed by atoms with E-state index in [4.69, 9.17) is 12.2 Å². The van der Waals surface area contributed by atoms with Gasteiger partial charge in [0.05, 0.1) is 5.69 Å². The number of pyridine rings is 1.